The molecule has 1 amide bonds. The number of aliphatic carboxylic acids is 1. The Bertz CT molecular complexity index is 1490. The predicted octanol–water partition coefficient (Wildman–Crippen LogP) is 5.86. The van der Waals surface area contributed by atoms with Gasteiger partial charge in [-0.15, -0.1) is 11.3 Å². The van der Waals surface area contributed by atoms with Crippen molar-refractivity contribution in [2.24, 2.45) is 5.41 Å². The smallest absolute Gasteiger partial charge is 0.326 e. The Morgan fingerprint density at radius 2 is 2.00 bits per heavy atom. The lowest BCUT2D eigenvalue weighted by atomic mass is 9.62. The van der Waals surface area contributed by atoms with E-state index in [0.717, 1.165) is 6.07 Å². The van der Waals surface area contributed by atoms with Gasteiger partial charge in [-0.05, 0) is 35.6 Å². The molecule has 0 bridgehead atoms. The molecule has 12 heteroatoms. The number of nitrogens with zero attached hydrogens (tertiary/aromatic N) is 2. The first-order valence-electron chi connectivity index (χ1n) is 12.8. The van der Waals surface area contributed by atoms with Gasteiger partial charge in [-0.25, -0.2) is 18.6 Å². The van der Waals surface area contributed by atoms with Crippen molar-refractivity contribution in [3.05, 3.63) is 85.8 Å². The number of hydrogen-bond donors (Lipinski definition) is 3. The summed E-state index contributed by atoms with van der Waals surface area (Å²) in [6.07, 6.45) is 0.195. The number of rotatable bonds is 8. The quantitative estimate of drug-likeness (QED) is 0.290. The van der Waals surface area contributed by atoms with Crippen LogP contribution in [0.5, 0.6) is 0 Å². The average Bonchev–Trinajstić information content (AvgIpc) is 3.51. The lowest BCUT2D eigenvalue weighted by Crippen LogP contribution is -2.51. The summed E-state index contributed by atoms with van der Waals surface area (Å²) in [4.78, 5) is 30.1. The first-order valence-corrected chi connectivity index (χ1v) is 14.5. The number of halogens is 4. The van der Waals surface area contributed by atoms with Crippen LogP contribution in [0.3, 0.4) is 0 Å². The number of amides is 1. The molecule has 0 aliphatic carbocycles. The highest BCUT2D eigenvalue weighted by Crippen LogP contribution is 2.52. The van der Waals surface area contributed by atoms with Crippen LogP contribution in [0.25, 0.3) is 0 Å². The van der Waals surface area contributed by atoms with E-state index in [1.54, 1.807) is 10.9 Å². The Labute approximate surface area is 250 Å². The minimum atomic E-state index is -1.82. The molecule has 0 spiro atoms. The first-order chi connectivity index (χ1) is 19.3. The highest BCUT2D eigenvalue weighted by Gasteiger charge is 2.61. The molecule has 1 aliphatic rings. The summed E-state index contributed by atoms with van der Waals surface area (Å²) in [5.74, 6) is -5.04. The van der Waals surface area contributed by atoms with Crippen molar-refractivity contribution in [2.45, 2.75) is 63.1 Å². The van der Waals surface area contributed by atoms with Crippen molar-refractivity contribution in [3.8, 4) is 6.07 Å². The fourth-order valence-electron chi connectivity index (χ4n) is 5.57. The molecule has 7 nitrogen and oxygen atoms in total. The van der Waals surface area contributed by atoms with Crippen molar-refractivity contribution < 1.29 is 23.5 Å². The van der Waals surface area contributed by atoms with Crippen LogP contribution in [0, 0.1) is 28.4 Å². The number of nitrogens with one attached hydrogen (secondary N) is 2. The fraction of sp³-hybridized carbons (Fsp3) is 0.379. The Balaban J connectivity index is 1.91. The van der Waals surface area contributed by atoms with Crippen LogP contribution in [0.4, 0.5) is 8.78 Å². The van der Waals surface area contributed by atoms with E-state index in [1.807, 2.05) is 20.8 Å². The van der Waals surface area contributed by atoms with Crippen LogP contribution >= 0.6 is 34.5 Å². The molecule has 1 saturated heterocycles. The maximum absolute atomic E-state index is 15.7. The Hall–Kier alpha value is -3.10. The highest BCUT2D eigenvalue weighted by atomic mass is 35.5. The van der Waals surface area contributed by atoms with Crippen molar-refractivity contribution in [2.75, 3.05) is 0 Å². The molecule has 0 saturated carbocycles. The van der Waals surface area contributed by atoms with Crippen molar-refractivity contribution >= 4 is 46.4 Å². The molecule has 41 heavy (non-hydrogen) atoms. The fourth-order valence-corrected chi connectivity index (χ4v) is 6.48. The zero-order valence-corrected chi connectivity index (χ0v) is 24.7. The van der Waals surface area contributed by atoms with Gasteiger partial charge in [-0.2, -0.15) is 5.26 Å². The summed E-state index contributed by atoms with van der Waals surface area (Å²) in [5.41, 5.74) is -0.361. The van der Waals surface area contributed by atoms with Gasteiger partial charge >= 0.3 is 5.97 Å². The summed E-state index contributed by atoms with van der Waals surface area (Å²) < 4.78 is 31.4. The van der Waals surface area contributed by atoms with Gasteiger partial charge in [-0.1, -0.05) is 62.2 Å². The molecule has 2 aromatic carbocycles. The molecule has 3 N–H and O–H groups in total. The number of carbonyl (C=O) groups excluding carboxylic acids is 1. The lowest BCUT2D eigenvalue weighted by Gasteiger charge is -2.37. The van der Waals surface area contributed by atoms with E-state index in [4.69, 9.17) is 23.2 Å². The number of nitriles is 1. The van der Waals surface area contributed by atoms with E-state index in [0.29, 0.717) is 5.69 Å². The molecule has 3 aromatic rings. The van der Waals surface area contributed by atoms with Gasteiger partial charge < -0.3 is 15.7 Å². The Morgan fingerprint density at radius 3 is 2.59 bits per heavy atom. The van der Waals surface area contributed by atoms with Crippen LogP contribution in [-0.4, -0.2) is 40.1 Å². The zero-order valence-electron chi connectivity index (χ0n) is 22.4. The molecule has 216 valence electrons. The van der Waals surface area contributed by atoms with Gasteiger partial charge in [0.1, 0.15) is 23.1 Å². The second-order valence-corrected chi connectivity index (χ2v) is 12.8. The number of carboxylic acid groups (broad SMARTS) is 1. The minimum Gasteiger partial charge on any atom is -0.480 e. The molecular formula is C29H28Cl2F2N4O3S. The van der Waals surface area contributed by atoms with E-state index in [9.17, 15) is 20.0 Å². The second-order valence-electron chi connectivity index (χ2n) is 11.3. The molecular weight excluding hydrogens is 593 g/mol. The number of thiazole rings is 1. The summed E-state index contributed by atoms with van der Waals surface area (Å²) in [6, 6.07) is 6.79. The molecule has 2 heterocycles. The average molecular weight is 622 g/mol. The van der Waals surface area contributed by atoms with Crippen molar-refractivity contribution in [1.82, 2.24) is 15.6 Å². The standard InChI is InChI=1S/C29H28Cl2F2N4O3S/c1-28(2,3)11-22-29(13-34,18-8-7-15(30)9-20(18)32)23(17-5-4-6-19(31)24(17)33)25(37-22)26(38)36-21(27(39)40)10-16-12-41-14-35-16/h4-9,12,14,21-23,25,37H,10-11H2,1-3H3,(H,36,38)(H,39,40). The molecule has 1 fully saturated rings. The predicted molar refractivity (Wildman–Crippen MR) is 153 cm³/mol. The van der Waals surface area contributed by atoms with Gasteiger partial charge in [-0.3, -0.25) is 4.79 Å². The minimum absolute atomic E-state index is 0.0666. The Kier molecular flexibility index (Phi) is 9.04. The number of carbonyl (C=O) groups is 2. The Morgan fingerprint density at radius 1 is 1.27 bits per heavy atom. The third-order valence-corrected chi connectivity index (χ3v) is 8.41. The number of carboxylic acids is 1. The van der Waals surface area contributed by atoms with Crippen LogP contribution < -0.4 is 10.6 Å². The van der Waals surface area contributed by atoms with E-state index >= 15 is 8.78 Å². The third kappa shape index (κ3) is 6.24. The normalized spacial score (nSPS) is 23.1. The largest absolute Gasteiger partial charge is 0.480 e. The summed E-state index contributed by atoms with van der Waals surface area (Å²) in [7, 11) is 0. The summed E-state index contributed by atoms with van der Waals surface area (Å²) in [6.45, 7) is 5.77. The van der Waals surface area contributed by atoms with E-state index in [2.05, 4.69) is 21.7 Å². The SMILES string of the molecule is CC(C)(C)CC1NC(C(=O)NC(Cc2cscn2)C(=O)O)C(c2cccc(Cl)c2F)C1(C#N)c1ccc(Cl)cc1F. The first kappa shape index (κ1) is 30.8. The molecule has 0 radical (unpaired) electrons. The van der Waals surface area contributed by atoms with E-state index < -0.39 is 58.4 Å². The molecule has 4 rings (SSSR count). The summed E-state index contributed by atoms with van der Waals surface area (Å²) >= 11 is 13.5. The maximum Gasteiger partial charge on any atom is 0.326 e. The van der Waals surface area contributed by atoms with Gasteiger partial charge in [0.2, 0.25) is 5.91 Å². The highest BCUT2D eigenvalue weighted by molar-refractivity contribution is 7.07. The van der Waals surface area contributed by atoms with Crippen LogP contribution in [0.2, 0.25) is 10.0 Å². The van der Waals surface area contributed by atoms with E-state index in [-0.39, 0.29) is 34.0 Å². The van der Waals surface area contributed by atoms with Crippen LogP contribution in [0.15, 0.2) is 47.3 Å². The molecule has 5 unspecified atom stereocenters. The van der Waals surface area contributed by atoms with E-state index in [1.165, 1.54) is 41.7 Å². The monoisotopic (exact) mass is 620 g/mol. The van der Waals surface area contributed by atoms with Crippen molar-refractivity contribution in [3.63, 3.8) is 0 Å². The second kappa shape index (κ2) is 12.0. The van der Waals surface area contributed by atoms with Crippen molar-refractivity contribution in [1.29, 1.82) is 5.26 Å². The van der Waals surface area contributed by atoms with Gasteiger partial charge in [0.15, 0.2) is 0 Å². The lowest BCUT2D eigenvalue weighted by molar-refractivity contribution is -0.142. The van der Waals surface area contributed by atoms with Gasteiger partial charge in [0.25, 0.3) is 0 Å². The van der Waals surface area contributed by atoms with Crippen LogP contribution in [0.1, 0.15) is 49.9 Å². The number of hydrogen-bond acceptors (Lipinski definition) is 6. The molecule has 1 aliphatic heterocycles. The molecule has 5 atom stereocenters. The van der Waals surface area contributed by atoms with Gasteiger partial charge in [0, 0.05) is 34.3 Å². The van der Waals surface area contributed by atoms with Crippen LogP contribution in [-0.2, 0) is 21.4 Å². The zero-order chi connectivity index (χ0) is 30.1. The topological polar surface area (TPSA) is 115 Å². The molecule has 1 aromatic heterocycles. The number of benzene rings is 2. The third-order valence-electron chi connectivity index (χ3n) is 7.24. The van der Waals surface area contributed by atoms with Gasteiger partial charge in [0.05, 0.1) is 28.3 Å². The summed E-state index contributed by atoms with van der Waals surface area (Å²) in [5, 5.41) is 28.0. The number of aromatic nitrogens is 1. The maximum atomic E-state index is 15.7.